The van der Waals surface area contributed by atoms with Gasteiger partial charge >= 0.3 is 6.09 Å². The molecule has 0 spiro atoms. The molecule has 0 aliphatic carbocycles. The molecule has 2 atom stereocenters. The number of amides is 1. The van der Waals surface area contributed by atoms with Crippen molar-refractivity contribution in [2.45, 2.75) is 58.7 Å². The minimum Gasteiger partial charge on any atom is -0.489 e. The predicted molar refractivity (Wildman–Crippen MR) is 116 cm³/mol. The summed E-state index contributed by atoms with van der Waals surface area (Å²) in [6, 6.07) is 18.6. The topological polar surface area (TPSA) is 38.8 Å². The number of carbonyl (C=O) groups is 1. The van der Waals surface area contributed by atoms with Gasteiger partial charge in [-0.05, 0) is 61.8 Å². The Hall–Kier alpha value is -2.49. The smallest absolute Gasteiger partial charge is 0.410 e. The van der Waals surface area contributed by atoms with E-state index in [9.17, 15) is 4.79 Å². The van der Waals surface area contributed by atoms with Crippen LogP contribution in [0.25, 0.3) is 0 Å². The predicted octanol–water partition coefficient (Wildman–Crippen LogP) is 5.80. The van der Waals surface area contributed by atoms with Crippen molar-refractivity contribution in [3.05, 3.63) is 65.7 Å². The fraction of sp³-hybridized carbons (Fsp3) is 0.480. The largest absolute Gasteiger partial charge is 0.489 e. The number of ether oxygens (including phenoxy) is 2. The Bertz CT molecular complexity index is 827. The fourth-order valence-electron chi connectivity index (χ4n) is 3.84. The third-order valence-corrected chi connectivity index (χ3v) is 5.88. The Labute approximate surface area is 174 Å². The first-order chi connectivity index (χ1) is 13.7. The summed E-state index contributed by atoms with van der Waals surface area (Å²) in [6.45, 7) is 12.2. The molecule has 1 amide bonds. The van der Waals surface area contributed by atoms with Crippen molar-refractivity contribution in [3.63, 3.8) is 0 Å². The Morgan fingerprint density at radius 3 is 2.52 bits per heavy atom. The van der Waals surface area contributed by atoms with Crippen molar-refractivity contribution in [1.29, 1.82) is 0 Å². The molecule has 4 nitrogen and oxygen atoms in total. The third kappa shape index (κ3) is 5.31. The second-order valence-electron chi connectivity index (χ2n) is 9.30. The molecule has 4 heteroatoms. The number of rotatable bonds is 4. The molecule has 3 rings (SSSR count). The summed E-state index contributed by atoms with van der Waals surface area (Å²) in [5, 5.41) is 0. The van der Waals surface area contributed by atoms with Crippen molar-refractivity contribution in [1.82, 2.24) is 4.90 Å². The van der Waals surface area contributed by atoms with Crippen LogP contribution in [-0.4, -0.2) is 29.7 Å². The highest BCUT2D eigenvalue weighted by Crippen LogP contribution is 2.40. The molecular formula is C25H33NO3. The average Bonchev–Trinajstić information content (AvgIpc) is 2.68. The molecule has 156 valence electrons. The maximum Gasteiger partial charge on any atom is 0.410 e. The number of hydrogen-bond donors (Lipinski definition) is 0. The molecule has 1 fully saturated rings. The van der Waals surface area contributed by atoms with Gasteiger partial charge < -0.3 is 14.4 Å². The second kappa shape index (κ2) is 8.48. The number of hydrogen-bond acceptors (Lipinski definition) is 3. The van der Waals surface area contributed by atoms with E-state index in [1.54, 1.807) is 0 Å². The zero-order valence-corrected chi connectivity index (χ0v) is 18.3. The molecule has 29 heavy (non-hydrogen) atoms. The summed E-state index contributed by atoms with van der Waals surface area (Å²) < 4.78 is 11.6. The van der Waals surface area contributed by atoms with Crippen LogP contribution < -0.4 is 4.74 Å². The summed E-state index contributed by atoms with van der Waals surface area (Å²) in [7, 11) is 0. The van der Waals surface area contributed by atoms with Crippen LogP contribution in [0.15, 0.2) is 54.6 Å². The minimum atomic E-state index is -0.467. The van der Waals surface area contributed by atoms with Gasteiger partial charge in [0.05, 0.1) is 0 Å². The van der Waals surface area contributed by atoms with E-state index >= 15 is 0 Å². The maximum absolute atomic E-state index is 12.5. The third-order valence-electron chi connectivity index (χ3n) is 5.88. The molecular weight excluding hydrogens is 362 g/mol. The molecule has 0 bridgehead atoms. The second-order valence-corrected chi connectivity index (χ2v) is 9.30. The van der Waals surface area contributed by atoms with Crippen molar-refractivity contribution in [2.24, 2.45) is 5.92 Å². The fourth-order valence-corrected chi connectivity index (χ4v) is 3.84. The van der Waals surface area contributed by atoms with Gasteiger partial charge in [-0.2, -0.15) is 0 Å². The van der Waals surface area contributed by atoms with Crippen LogP contribution in [0.3, 0.4) is 0 Å². The summed E-state index contributed by atoms with van der Waals surface area (Å²) in [5.74, 6) is 1.20. The molecule has 0 aromatic heterocycles. The van der Waals surface area contributed by atoms with Gasteiger partial charge in [0.2, 0.25) is 0 Å². The number of likely N-dealkylation sites (tertiary alicyclic amines) is 1. The van der Waals surface area contributed by atoms with Gasteiger partial charge in [-0.15, -0.1) is 0 Å². The lowest BCUT2D eigenvalue weighted by Gasteiger charge is -2.45. The normalized spacial score (nSPS) is 22.2. The zero-order chi connectivity index (χ0) is 21.1. The van der Waals surface area contributed by atoms with E-state index in [1.807, 2.05) is 49.9 Å². The minimum absolute atomic E-state index is 0.00930. The Balaban J connectivity index is 1.67. The molecule has 2 aromatic carbocycles. The van der Waals surface area contributed by atoms with Gasteiger partial charge in [-0.1, -0.05) is 56.3 Å². The summed E-state index contributed by atoms with van der Waals surface area (Å²) in [6.07, 6.45) is 0.682. The van der Waals surface area contributed by atoms with E-state index in [0.717, 1.165) is 17.7 Å². The molecule has 1 saturated heterocycles. The van der Waals surface area contributed by atoms with Gasteiger partial charge in [0.15, 0.2) is 0 Å². The lowest BCUT2D eigenvalue weighted by Crippen LogP contribution is -2.50. The van der Waals surface area contributed by atoms with Crippen LogP contribution in [0.2, 0.25) is 0 Å². The van der Waals surface area contributed by atoms with Crippen molar-refractivity contribution in [2.75, 3.05) is 13.1 Å². The molecule has 0 saturated carbocycles. The molecule has 2 aromatic rings. The van der Waals surface area contributed by atoms with Crippen LogP contribution in [-0.2, 0) is 16.8 Å². The highest BCUT2D eigenvalue weighted by atomic mass is 16.6. The highest BCUT2D eigenvalue weighted by molar-refractivity contribution is 5.68. The lowest BCUT2D eigenvalue weighted by atomic mass is 9.68. The van der Waals surface area contributed by atoms with Crippen LogP contribution in [0, 0.1) is 5.92 Å². The number of piperidine rings is 1. The van der Waals surface area contributed by atoms with Crippen LogP contribution in [0.5, 0.6) is 5.75 Å². The molecule has 1 aliphatic rings. The number of benzene rings is 2. The van der Waals surface area contributed by atoms with Gasteiger partial charge in [0, 0.05) is 13.1 Å². The zero-order valence-electron chi connectivity index (χ0n) is 18.3. The van der Waals surface area contributed by atoms with Crippen LogP contribution >= 0.6 is 0 Å². The van der Waals surface area contributed by atoms with Gasteiger partial charge in [-0.25, -0.2) is 4.79 Å². The van der Waals surface area contributed by atoms with Crippen LogP contribution in [0.4, 0.5) is 4.79 Å². The molecule has 1 aliphatic heterocycles. The first-order valence-electron chi connectivity index (χ1n) is 10.4. The van der Waals surface area contributed by atoms with Crippen molar-refractivity contribution >= 4 is 6.09 Å². The molecule has 0 radical (unpaired) electrons. The van der Waals surface area contributed by atoms with E-state index in [4.69, 9.17) is 9.47 Å². The lowest BCUT2D eigenvalue weighted by molar-refractivity contribution is 0.00920. The van der Waals surface area contributed by atoms with E-state index in [-0.39, 0.29) is 11.5 Å². The van der Waals surface area contributed by atoms with E-state index in [2.05, 4.69) is 44.2 Å². The van der Waals surface area contributed by atoms with E-state index in [1.165, 1.54) is 5.56 Å². The molecule has 0 unspecified atom stereocenters. The van der Waals surface area contributed by atoms with Gasteiger partial charge in [0.25, 0.3) is 0 Å². The Morgan fingerprint density at radius 1 is 1.14 bits per heavy atom. The standard InChI is InChI=1S/C25H33NO3/c1-19-17-26(23(27)29-24(2,3)4)15-14-25(19,5)21-12-9-13-22(16-21)28-18-20-10-7-6-8-11-20/h6-13,16,19H,14-15,17-18H2,1-5H3/t19-,25-/m1/s1. The first kappa shape index (κ1) is 21.2. The van der Waals surface area contributed by atoms with Crippen molar-refractivity contribution in [3.8, 4) is 5.75 Å². The van der Waals surface area contributed by atoms with Gasteiger partial charge in [-0.3, -0.25) is 0 Å². The number of nitrogens with zero attached hydrogens (tertiary/aromatic N) is 1. The summed E-state index contributed by atoms with van der Waals surface area (Å²) in [5.41, 5.74) is 1.94. The average molecular weight is 396 g/mol. The molecule has 0 N–H and O–H groups in total. The quantitative estimate of drug-likeness (QED) is 0.657. The maximum atomic E-state index is 12.5. The van der Waals surface area contributed by atoms with Crippen molar-refractivity contribution < 1.29 is 14.3 Å². The molecule has 1 heterocycles. The SMILES string of the molecule is C[C@@H]1CN(C(=O)OC(C)(C)C)CC[C@@]1(C)c1cccc(OCc2ccccc2)c1. The van der Waals surface area contributed by atoms with Crippen LogP contribution in [0.1, 0.15) is 52.2 Å². The highest BCUT2D eigenvalue weighted by Gasteiger charge is 2.40. The Morgan fingerprint density at radius 2 is 1.86 bits per heavy atom. The Kier molecular flexibility index (Phi) is 6.21. The van der Waals surface area contributed by atoms with E-state index in [0.29, 0.717) is 25.6 Å². The van der Waals surface area contributed by atoms with Gasteiger partial charge in [0.1, 0.15) is 18.0 Å². The summed E-state index contributed by atoms with van der Waals surface area (Å²) in [4.78, 5) is 14.3. The number of carbonyl (C=O) groups excluding carboxylic acids is 1. The first-order valence-corrected chi connectivity index (χ1v) is 10.4. The monoisotopic (exact) mass is 395 g/mol. The van der Waals surface area contributed by atoms with E-state index < -0.39 is 5.60 Å². The summed E-state index contributed by atoms with van der Waals surface area (Å²) >= 11 is 0.